The monoisotopic (exact) mass is 352 g/mol. The number of H-pyrrole nitrogens is 1. The van der Waals surface area contributed by atoms with E-state index < -0.39 is 10.8 Å². The van der Waals surface area contributed by atoms with Gasteiger partial charge in [-0.2, -0.15) is 5.10 Å². The Balaban J connectivity index is 1.78. The highest BCUT2D eigenvalue weighted by Crippen LogP contribution is 2.22. The van der Waals surface area contributed by atoms with Crippen LogP contribution in [0.25, 0.3) is 0 Å². The molecule has 9 nitrogen and oxygen atoms in total. The summed E-state index contributed by atoms with van der Waals surface area (Å²) >= 11 is 0. The Labute approximate surface area is 147 Å². The third-order valence-electron chi connectivity index (χ3n) is 4.56. The van der Waals surface area contributed by atoms with Crippen LogP contribution in [0.2, 0.25) is 0 Å². The van der Waals surface area contributed by atoms with Gasteiger partial charge in [-0.05, 0) is 25.9 Å². The van der Waals surface area contributed by atoms with Crippen LogP contribution in [0.5, 0.6) is 0 Å². The van der Waals surface area contributed by atoms with Gasteiger partial charge in [-0.15, -0.1) is 0 Å². The van der Waals surface area contributed by atoms with Crippen molar-refractivity contribution in [3.8, 4) is 0 Å². The second-order valence-electron chi connectivity index (χ2n) is 6.29. The molecule has 0 saturated carbocycles. The highest BCUT2D eigenvalue weighted by Gasteiger charge is 2.28. The molecule has 1 fully saturated rings. The third kappa shape index (κ3) is 5.23. The van der Waals surface area contributed by atoms with E-state index in [-0.39, 0.29) is 11.4 Å². The van der Waals surface area contributed by atoms with Gasteiger partial charge in [0.2, 0.25) is 5.69 Å². The zero-order valence-corrected chi connectivity index (χ0v) is 15.1. The van der Waals surface area contributed by atoms with Crippen LogP contribution in [0, 0.1) is 10.1 Å². The number of hydrogen-bond acceptors (Lipinski definition) is 6. The lowest BCUT2D eigenvalue weighted by atomic mass is 10.2. The van der Waals surface area contributed by atoms with Crippen molar-refractivity contribution in [2.75, 3.05) is 45.8 Å². The van der Waals surface area contributed by atoms with Crippen LogP contribution in [-0.2, 0) is 6.42 Å². The molecule has 1 saturated heterocycles. The molecule has 0 aliphatic carbocycles. The Morgan fingerprint density at radius 2 is 1.96 bits per heavy atom. The van der Waals surface area contributed by atoms with E-state index >= 15 is 0 Å². The molecule has 140 valence electrons. The van der Waals surface area contributed by atoms with E-state index in [0.29, 0.717) is 18.7 Å². The Morgan fingerprint density at radius 1 is 1.28 bits per heavy atom. The minimum atomic E-state index is -0.531. The lowest BCUT2D eigenvalue weighted by Crippen LogP contribution is -2.46. The summed E-state index contributed by atoms with van der Waals surface area (Å²) in [6.07, 6.45) is 2.06. The molecule has 2 heterocycles. The standard InChI is InChI=1S/C16H28N6O3/c1-3-6-13-15(22(24)25)14(19-18-13)16(23)17-7-5-8-21-11-9-20(4-2)10-12-21/h3-12H2,1-2H3,(H,17,23)(H,18,19). The number of aromatic nitrogens is 2. The number of hydrogen-bond donors (Lipinski definition) is 2. The molecule has 1 aliphatic rings. The minimum absolute atomic E-state index is 0.120. The molecule has 0 bridgehead atoms. The number of amides is 1. The highest BCUT2D eigenvalue weighted by molar-refractivity contribution is 5.96. The van der Waals surface area contributed by atoms with Gasteiger partial charge in [-0.25, -0.2) is 0 Å². The van der Waals surface area contributed by atoms with Gasteiger partial charge in [0.25, 0.3) is 5.91 Å². The molecule has 0 unspecified atom stereocenters. The van der Waals surface area contributed by atoms with Crippen molar-refractivity contribution in [3.05, 3.63) is 21.5 Å². The van der Waals surface area contributed by atoms with E-state index in [9.17, 15) is 14.9 Å². The average Bonchev–Trinajstić information content (AvgIpc) is 3.03. The fraction of sp³-hybridized carbons (Fsp3) is 0.750. The molecule has 0 atom stereocenters. The van der Waals surface area contributed by atoms with Gasteiger partial charge in [0.05, 0.1) is 4.92 Å². The Hall–Kier alpha value is -2.00. The highest BCUT2D eigenvalue weighted by atomic mass is 16.6. The van der Waals surface area contributed by atoms with E-state index in [1.54, 1.807) is 0 Å². The maximum Gasteiger partial charge on any atom is 0.322 e. The largest absolute Gasteiger partial charge is 0.350 e. The van der Waals surface area contributed by atoms with Crippen molar-refractivity contribution >= 4 is 11.6 Å². The van der Waals surface area contributed by atoms with Crippen molar-refractivity contribution in [2.24, 2.45) is 0 Å². The summed E-state index contributed by atoms with van der Waals surface area (Å²) in [5.74, 6) is -0.485. The molecule has 0 radical (unpaired) electrons. The normalized spacial score (nSPS) is 16.1. The van der Waals surface area contributed by atoms with E-state index in [0.717, 1.165) is 52.1 Å². The first-order valence-corrected chi connectivity index (χ1v) is 9.01. The summed E-state index contributed by atoms with van der Waals surface area (Å²) in [6, 6.07) is 0. The van der Waals surface area contributed by atoms with Crippen molar-refractivity contribution in [3.63, 3.8) is 0 Å². The lowest BCUT2D eigenvalue weighted by molar-refractivity contribution is -0.385. The summed E-state index contributed by atoms with van der Waals surface area (Å²) in [5, 5.41) is 20.4. The first-order valence-electron chi connectivity index (χ1n) is 9.01. The number of aryl methyl sites for hydroxylation is 1. The topological polar surface area (TPSA) is 107 Å². The van der Waals surface area contributed by atoms with Gasteiger partial charge >= 0.3 is 5.69 Å². The molecular formula is C16H28N6O3. The summed E-state index contributed by atoms with van der Waals surface area (Å²) in [6.45, 7) is 10.9. The van der Waals surface area contributed by atoms with Crippen LogP contribution in [0.3, 0.4) is 0 Å². The summed E-state index contributed by atoms with van der Waals surface area (Å²) < 4.78 is 0. The maximum absolute atomic E-state index is 12.2. The number of carbonyl (C=O) groups excluding carboxylic acids is 1. The maximum atomic E-state index is 12.2. The first-order chi connectivity index (χ1) is 12.1. The summed E-state index contributed by atoms with van der Waals surface area (Å²) in [4.78, 5) is 27.7. The quantitative estimate of drug-likeness (QED) is 0.390. The number of aromatic amines is 1. The van der Waals surface area contributed by atoms with Crippen LogP contribution < -0.4 is 5.32 Å². The van der Waals surface area contributed by atoms with Gasteiger partial charge in [-0.3, -0.25) is 20.0 Å². The van der Waals surface area contributed by atoms with Gasteiger partial charge in [0.15, 0.2) is 0 Å². The fourth-order valence-corrected chi connectivity index (χ4v) is 3.07. The zero-order valence-electron chi connectivity index (χ0n) is 15.1. The number of carbonyl (C=O) groups is 1. The molecule has 1 aliphatic heterocycles. The third-order valence-corrected chi connectivity index (χ3v) is 4.56. The van der Waals surface area contributed by atoms with Gasteiger partial charge < -0.3 is 15.1 Å². The van der Waals surface area contributed by atoms with Crippen LogP contribution >= 0.6 is 0 Å². The van der Waals surface area contributed by atoms with Crippen LogP contribution in [-0.4, -0.2) is 76.6 Å². The Morgan fingerprint density at radius 3 is 2.56 bits per heavy atom. The summed E-state index contributed by atoms with van der Waals surface area (Å²) in [5.41, 5.74) is 0.0893. The predicted octanol–water partition coefficient (Wildman–Crippen LogP) is 1.03. The van der Waals surface area contributed by atoms with E-state index in [4.69, 9.17) is 0 Å². The summed E-state index contributed by atoms with van der Waals surface area (Å²) in [7, 11) is 0. The van der Waals surface area contributed by atoms with Crippen LogP contribution in [0.1, 0.15) is 42.9 Å². The van der Waals surface area contributed by atoms with Gasteiger partial charge in [0, 0.05) is 32.7 Å². The fourth-order valence-electron chi connectivity index (χ4n) is 3.07. The van der Waals surface area contributed by atoms with Crippen molar-refractivity contribution < 1.29 is 9.72 Å². The number of nitrogens with one attached hydrogen (secondary N) is 2. The van der Waals surface area contributed by atoms with Crippen molar-refractivity contribution in [1.82, 2.24) is 25.3 Å². The molecule has 0 aromatic carbocycles. The van der Waals surface area contributed by atoms with Crippen molar-refractivity contribution in [2.45, 2.75) is 33.1 Å². The minimum Gasteiger partial charge on any atom is -0.350 e. The molecule has 0 spiro atoms. The van der Waals surface area contributed by atoms with E-state index in [1.165, 1.54) is 0 Å². The Kier molecular flexibility index (Phi) is 7.32. The molecule has 2 rings (SSSR count). The predicted molar refractivity (Wildman–Crippen MR) is 94.7 cm³/mol. The molecule has 1 aromatic rings. The molecule has 25 heavy (non-hydrogen) atoms. The van der Waals surface area contributed by atoms with Crippen LogP contribution in [0.15, 0.2) is 0 Å². The van der Waals surface area contributed by atoms with Gasteiger partial charge in [0.1, 0.15) is 5.69 Å². The molecule has 1 amide bonds. The molecule has 1 aromatic heterocycles. The van der Waals surface area contributed by atoms with Crippen molar-refractivity contribution in [1.29, 1.82) is 0 Å². The zero-order chi connectivity index (χ0) is 18.2. The molecule has 9 heteroatoms. The number of nitrogens with zero attached hydrogens (tertiary/aromatic N) is 4. The number of nitro groups is 1. The molecular weight excluding hydrogens is 324 g/mol. The number of piperazine rings is 1. The van der Waals surface area contributed by atoms with E-state index in [2.05, 4.69) is 32.2 Å². The second kappa shape index (κ2) is 9.47. The van der Waals surface area contributed by atoms with Crippen LogP contribution in [0.4, 0.5) is 5.69 Å². The SMILES string of the molecule is CCCc1[nH]nc(C(=O)NCCCN2CCN(CC)CC2)c1[N+](=O)[O-]. The second-order valence-corrected chi connectivity index (χ2v) is 6.29. The smallest absolute Gasteiger partial charge is 0.322 e. The van der Waals surface area contributed by atoms with E-state index in [1.807, 2.05) is 6.92 Å². The average molecular weight is 352 g/mol. The molecule has 2 N–H and O–H groups in total. The lowest BCUT2D eigenvalue weighted by Gasteiger charge is -2.33. The first kappa shape index (κ1) is 19.3. The number of likely N-dealkylation sites (N-methyl/N-ethyl adjacent to an activating group) is 1. The number of rotatable bonds is 9. The Bertz CT molecular complexity index is 580. The van der Waals surface area contributed by atoms with Gasteiger partial charge in [-0.1, -0.05) is 20.3 Å².